The monoisotopic (exact) mass is 691 g/mol. The quantitative estimate of drug-likeness (QED) is 0.0282. The lowest BCUT2D eigenvalue weighted by atomic mass is 10.1. The van der Waals surface area contributed by atoms with Gasteiger partial charge in [0.25, 0.3) is 0 Å². The number of hydrogen-bond acceptors (Lipinski definition) is 4. The molecule has 0 saturated heterocycles. The van der Waals surface area contributed by atoms with Gasteiger partial charge in [-0.2, -0.15) is 0 Å². The minimum atomic E-state index is -0.347. The van der Waals surface area contributed by atoms with E-state index in [0.717, 1.165) is 49.6 Å². The molecule has 0 rings (SSSR count). The van der Waals surface area contributed by atoms with Crippen LogP contribution in [0.2, 0.25) is 0 Å². The minimum absolute atomic E-state index is 0.152. The van der Waals surface area contributed by atoms with Crippen molar-refractivity contribution in [2.45, 2.75) is 213 Å². The molecule has 0 radical (unpaired) electrons. The van der Waals surface area contributed by atoms with E-state index in [0.29, 0.717) is 12.8 Å². The third-order valence-corrected chi connectivity index (χ3v) is 9.37. The van der Waals surface area contributed by atoms with Crippen LogP contribution in [0.4, 0.5) is 0 Å². The average molecular weight is 691 g/mol. The topological polar surface area (TPSA) is 52.6 Å². The summed E-state index contributed by atoms with van der Waals surface area (Å²) in [6, 6.07) is 0. The number of allylic oxidation sites excluding steroid dienone is 4. The first-order valence-electron chi connectivity index (χ1n) is 21.2. The number of quaternary nitrogens is 1. The lowest BCUT2D eigenvalue weighted by molar-refractivity contribution is -0.870. The molecule has 0 spiro atoms. The molecule has 0 bridgehead atoms. The zero-order valence-electron chi connectivity index (χ0n) is 33.6. The van der Waals surface area contributed by atoms with Gasteiger partial charge in [0.15, 0.2) is 0 Å². The first kappa shape index (κ1) is 47.4. The highest BCUT2D eigenvalue weighted by atomic mass is 16.6. The molecule has 0 heterocycles. The number of unbranched alkanes of at least 4 members (excludes halogenated alkanes) is 22. The molecule has 0 aliphatic rings. The van der Waals surface area contributed by atoms with E-state index in [9.17, 15) is 9.59 Å². The van der Waals surface area contributed by atoms with Crippen LogP contribution in [0.1, 0.15) is 206 Å². The molecule has 1 atom stereocenters. The number of carbonyl (C=O) groups is 2. The van der Waals surface area contributed by atoms with Crippen LogP contribution in [0.25, 0.3) is 0 Å². The van der Waals surface area contributed by atoms with Crippen molar-refractivity contribution in [3.05, 3.63) is 24.3 Å². The van der Waals surface area contributed by atoms with Crippen LogP contribution >= 0.6 is 0 Å². The summed E-state index contributed by atoms with van der Waals surface area (Å²) < 4.78 is 12.3. The standard InChI is InChI=1S/C44H84NO4/c1-6-8-10-12-14-16-18-20-22-24-26-28-30-32-34-38-43(46)48-41-42(37-36-40-45(3,4)5)49-44(47)39-35-33-31-29-27-25-23-21-19-17-15-13-11-9-7-2/h20-23,42H,6-19,24-41H2,1-5H3/q+1/b22-20?,23-21-. The Morgan fingerprint density at radius 3 is 1.27 bits per heavy atom. The SMILES string of the molecule is CCCCCCCCC=CCCCCCCCC(=O)OCC(CCC[N+](C)(C)C)OC(=O)CCCCCCC/C=C\CCCCCCCC. The third kappa shape index (κ3) is 39.0. The third-order valence-electron chi connectivity index (χ3n) is 9.37. The van der Waals surface area contributed by atoms with Gasteiger partial charge in [0.2, 0.25) is 0 Å². The van der Waals surface area contributed by atoms with Crippen molar-refractivity contribution in [3.63, 3.8) is 0 Å². The molecule has 5 heteroatoms. The van der Waals surface area contributed by atoms with E-state index in [1.165, 1.54) is 141 Å². The number of ether oxygens (including phenoxy) is 2. The van der Waals surface area contributed by atoms with Crippen molar-refractivity contribution in [2.24, 2.45) is 0 Å². The summed E-state index contributed by atoms with van der Waals surface area (Å²) >= 11 is 0. The molecule has 0 amide bonds. The molecule has 1 unspecified atom stereocenters. The Hall–Kier alpha value is -1.62. The van der Waals surface area contributed by atoms with Crippen molar-refractivity contribution in [1.82, 2.24) is 0 Å². The largest absolute Gasteiger partial charge is 0.462 e. The summed E-state index contributed by atoms with van der Waals surface area (Å²) in [6.45, 7) is 5.71. The van der Waals surface area contributed by atoms with Gasteiger partial charge < -0.3 is 14.0 Å². The van der Waals surface area contributed by atoms with Gasteiger partial charge in [-0.1, -0.05) is 141 Å². The van der Waals surface area contributed by atoms with Gasteiger partial charge >= 0.3 is 11.9 Å². The highest BCUT2D eigenvalue weighted by molar-refractivity contribution is 5.70. The van der Waals surface area contributed by atoms with Crippen molar-refractivity contribution in [2.75, 3.05) is 34.3 Å². The lowest BCUT2D eigenvalue weighted by Crippen LogP contribution is -2.36. The Morgan fingerprint density at radius 1 is 0.490 bits per heavy atom. The molecular weight excluding hydrogens is 606 g/mol. The molecule has 0 aromatic heterocycles. The van der Waals surface area contributed by atoms with E-state index in [2.05, 4.69) is 59.3 Å². The zero-order valence-corrected chi connectivity index (χ0v) is 33.6. The number of carbonyl (C=O) groups excluding carboxylic acids is 2. The maximum Gasteiger partial charge on any atom is 0.306 e. The van der Waals surface area contributed by atoms with Crippen molar-refractivity contribution in [3.8, 4) is 0 Å². The van der Waals surface area contributed by atoms with Crippen LogP contribution in [-0.4, -0.2) is 56.8 Å². The van der Waals surface area contributed by atoms with Crippen LogP contribution in [0.5, 0.6) is 0 Å². The van der Waals surface area contributed by atoms with Gasteiger partial charge in [-0.25, -0.2) is 0 Å². The molecule has 0 saturated carbocycles. The Balaban J connectivity index is 4.02. The molecule has 0 aromatic rings. The van der Waals surface area contributed by atoms with Gasteiger partial charge in [-0.15, -0.1) is 0 Å². The summed E-state index contributed by atoms with van der Waals surface area (Å²) in [4.78, 5) is 25.1. The zero-order chi connectivity index (χ0) is 36.1. The van der Waals surface area contributed by atoms with E-state index >= 15 is 0 Å². The first-order valence-corrected chi connectivity index (χ1v) is 21.2. The van der Waals surface area contributed by atoms with Crippen molar-refractivity contribution in [1.29, 1.82) is 0 Å². The van der Waals surface area contributed by atoms with E-state index in [1.54, 1.807) is 0 Å². The van der Waals surface area contributed by atoms with Crippen LogP contribution in [0.3, 0.4) is 0 Å². The van der Waals surface area contributed by atoms with E-state index in [-0.39, 0.29) is 24.6 Å². The maximum atomic E-state index is 12.6. The normalized spacial score (nSPS) is 12.7. The predicted octanol–water partition coefficient (Wildman–Crippen LogP) is 13.0. The first-order chi connectivity index (χ1) is 23.8. The Bertz CT molecular complexity index is 784. The lowest BCUT2D eigenvalue weighted by Gasteiger charge is -2.25. The Morgan fingerprint density at radius 2 is 0.857 bits per heavy atom. The average Bonchev–Trinajstić information content (AvgIpc) is 3.06. The molecular formula is C44H84NO4+. The summed E-state index contributed by atoms with van der Waals surface area (Å²) in [5, 5.41) is 0. The van der Waals surface area contributed by atoms with Crippen LogP contribution in [0.15, 0.2) is 24.3 Å². The van der Waals surface area contributed by atoms with Gasteiger partial charge in [-0.3, -0.25) is 9.59 Å². The summed E-state index contributed by atoms with van der Waals surface area (Å²) in [6.07, 6.45) is 43.9. The molecule has 288 valence electrons. The van der Waals surface area contributed by atoms with Crippen molar-refractivity contribution >= 4 is 11.9 Å². The van der Waals surface area contributed by atoms with E-state index < -0.39 is 0 Å². The molecule has 5 nitrogen and oxygen atoms in total. The Labute approximate surface area is 306 Å². The van der Waals surface area contributed by atoms with Crippen LogP contribution < -0.4 is 0 Å². The van der Waals surface area contributed by atoms with Gasteiger partial charge in [-0.05, 0) is 70.6 Å². The molecule has 0 aliphatic carbocycles. The predicted molar refractivity (Wildman–Crippen MR) is 212 cm³/mol. The van der Waals surface area contributed by atoms with Gasteiger partial charge in [0.1, 0.15) is 12.7 Å². The van der Waals surface area contributed by atoms with Gasteiger partial charge in [0.05, 0.1) is 27.7 Å². The second-order valence-electron chi connectivity index (χ2n) is 15.6. The fourth-order valence-corrected chi connectivity index (χ4v) is 6.15. The number of esters is 2. The number of nitrogens with zero attached hydrogens (tertiary/aromatic N) is 1. The molecule has 0 N–H and O–H groups in total. The smallest absolute Gasteiger partial charge is 0.306 e. The maximum absolute atomic E-state index is 12.6. The fourth-order valence-electron chi connectivity index (χ4n) is 6.15. The van der Waals surface area contributed by atoms with E-state index in [4.69, 9.17) is 9.47 Å². The van der Waals surface area contributed by atoms with Crippen LogP contribution in [-0.2, 0) is 19.1 Å². The molecule has 0 aliphatic heterocycles. The highest BCUT2D eigenvalue weighted by Crippen LogP contribution is 2.14. The molecule has 0 fully saturated rings. The van der Waals surface area contributed by atoms with E-state index in [1.807, 2.05) is 0 Å². The summed E-state index contributed by atoms with van der Waals surface area (Å²) in [5.41, 5.74) is 0. The molecule has 49 heavy (non-hydrogen) atoms. The molecule has 0 aromatic carbocycles. The van der Waals surface area contributed by atoms with Crippen molar-refractivity contribution < 1.29 is 23.5 Å². The summed E-state index contributed by atoms with van der Waals surface area (Å²) in [5.74, 6) is -0.316. The minimum Gasteiger partial charge on any atom is -0.462 e. The highest BCUT2D eigenvalue weighted by Gasteiger charge is 2.18. The summed E-state index contributed by atoms with van der Waals surface area (Å²) in [7, 11) is 6.51. The fraction of sp³-hybridized carbons (Fsp3) is 0.864. The van der Waals surface area contributed by atoms with Crippen LogP contribution in [0, 0.1) is 0 Å². The number of rotatable bonds is 37. The van der Waals surface area contributed by atoms with Gasteiger partial charge in [0, 0.05) is 19.3 Å². The second-order valence-corrected chi connectivity index (χ2v) is 15.6. The second kappa shape index (κ2) is 36.2. The number of hydrogen-bond donors (Lipinski definition) is 0. The Kier molecular flexibility index (Phi) is 35.0.